The molecular formula is C10H14N2. The number of benzene rings is 1. The van der Waals surface area contributed by atoms with E-state index in [1.807, 2.05) is 19.1 Å². The molecule has 0 spiro atoms. The van der Waals surface area contributed by atoms with Gasteiger partial charge in [0.05, 0.1) is 0 Å². The molecule has 0 aliphatic carbocycles. The quantitative estimate of drug-likeness (QED) is 0.508. The van der Waals surface area contributed by atoms with Gasteiger partial charge in [0.2, 0.25) is 0 Å². The Labute approximate surface area is 72.9 Å². The number of hydrogen-bond donors (Lipinski definition) is 2. The Morgan fingerprint density at radius 2 is 2.17 bits per heavy atom. The molecule has 0 aliphatic rings. The highest BCUT2D eigenvalue weighted by atomic mass is 14.6. The van der Waals surface area contributed by atoms with E-state index in [4.69, 9.17) is 11.1 Å². The van der Waals surface area contributed by atoms with Crippen LogP contribution in [0.2, 0.25) is 0 Å². The average Bonchev–Trinajstić information content (AvgIpc) is 2.08. The lowest BCUT2D eigenvalue weighted by Crippen LogP contribution is -2.00. The van der Waals surface area contributed by atoms with Crippen LogP contribution in [0.15, 0.2) is 12.1 Å². The van der Waals surface area contributed by atoms with E-state index in [1.54, 1.807) is 0 Å². The summed E-state index contributed by atoms with van der Waals surface area (Å²) in [6.45, 7) is 4.13. The van der Waals surface area contributed by atoms with Crippen LogP contribution in [-0.4, -0.2) is 6.21 Å². The molecule has 0 amide bonds. The van der Waals surface area contributed by atoms with E-state index in [-0.39, 0.29) is 0 Å². The van der Waals surface area contributed by atoms with Crippen molar-refractivity contribution in [1.82, 2.24) is 0 Å². The van der Waals surface area contributed by atoms with Crippen molar-refractivity contribution in [3.05, 3.63) is 28.8 Å². The van der Waals surface area contributed by atoms with Crippen LogP contribution >= 0.6 is 0 Å². The zero-order valence-electron chi connectivity index (χ0n) is 7.52. The van der Waals surface area contributed by atoms with Gasteiger partial charge in [-0.1, -0.05) is 13.0 Å². The maximum Gasteiger partial charge on any atom is 0.0405 e. The van der Waals surface area contributed by atoms with Crippen LogP contribution in [-0.2, 0) is 6.42 Å². The molecule has 2 heteroatoms. The Hall–Kier alpha value is -1.31. The predicted molar refractivity (Wildman–Crippen MR) is 52.9 cm³/mol. The summed E-state index contributed by atoms with van der Waals surface area (Å²) in [5, 5.41) is 7.22. The highest BCUT2D eigenvalue weighted by Gasteiger charge is 2.04. The first-order chi connectivity index (χ1) is 5.70. The molecule has 0 atom stereocenters. The van der Waals surface area contributed by atoms with Crippen molar-refractivity contribution in [3.63, 3.8) is 0 Å². The molecular weight excluding hydrogens is 148 g/mol. The van der Waals surface area contributed by atoms with Crippen LogP contribution in [0.3, 0.4) is 0 Å². The van der Waals surface area contributed by atoms with E-state index in [0.29, 0.717) is 5.69 Å². The topological polar surface area (TPSA) is 49.9 Å². The van der Waals surface area contributed by atoms with Crippen LogP contribution in [0.1, 0.15) is 23.6 Å². The fourth-order valence-electron chi connectivity index (χ4n) is 1.43. The zero-order valence-corrected chi connectivity index (χ0v) is 7.52. The van der Waals surface area contributed by atoms with Gasteiger partial charge in [-0.05, 0) is 30.5 Å². The smallest absolute Gasteiger partial charge is 0.0405 e. The zero-order chi connectivity index (χ0) is 9.14. The summed E-state index contributed by atoms with van der Waals surface area (Å²) in [7, 11) is 0. The number of hydrogen-bond acceptors (Lipinski definition) is 2. The summed E-state index contributed by atoms with van der Waals surface area (Å²) < 4.78 is 0. The summed E-state index contributed by atoms with van der Waals surface area (Å²) in [4.78, 5) is 0. The standard InChI is InChI=1S/C10H14N2/c1-3-8-7(2)4-5-10(12)9(8)6-11/h4-6,11H,3,12H2,1-2H3. The highest BCUT2D eigenvalue weighted by molar-refractivity contribution is 5.87. The fourth-order valence-corrected chi connectivity index (χ4v) is 1.43. The lowest BCUT2D eigenvalue weighted by molar-refractivity contribution is 1.10. The third kappa shape index (κ3) is 1.33. The van der Waals surface area contributed by atoms with Gasteiger partial charge in [-0.3, -0.25) is 0 Å². The SMILES string of the molecule is CCc1c(C)ccc(N)c1C=N. The summed E-state index contributed by atoms with van der Waals surface area (Å²) in [5.74, 6) is 0. The van der Waals surface area contributed by atoms with Gasteiger partial charge in [-0.25, -0.2) is 0 Å². The maximum atomic E-state index is 7.22. The Kier molecular flexibility index (Phi) is 2.48. The van der Waals surface area contributed by atoms with E-state index >= 15 is 0 Å². The van der Waals surface area contributed by atoms with Crippen molar-refractivity contribution in [2.45, 2.75) is 20.3 Å². The van der Waals surface area contributed by atoms with Gasteiger partial charge in [0.15, 0.2) is 0 Å². The van der Waals surface area contributed by atoms with Crippen molar-refractivity contribution < 1.29 is 0 Å². The largest absolute Gasteiger partial charge is 0.398 e. The third-order valence-electron chi connectivity index (χ3n) is 2.12. The van der Waals surface area contributed by atoms with Crippen molar-refractivity contribution in [1.29, 1.82) is 5.41 Å². The minimum absolute atomic E-state index is 0.701. The van der Waals surface area contributed by atoms with E-state index in [2.05, 4.69) is 6.92 Å². The summed E-state index contributed by atoms with van der Waals surface area (Å²) in [6, 6.07) is 3.86. The molecule has 0 bridgehead atoms. The Bertz CT molecular complexity index is 303. The fraction of sp³-hybridized carbons (Fsp3) is 0.300. The molecule has 12 heavy (non-hydrogen) atoms. The molecule has 1 aromatic rings. The molecule has 0 aromatic heterocycles. The monoisotopic (exact) mass is 162 g/mol. The lowest BCUT2D eigenvalue weighted by Gasteiger charge is -2.09. The Balaban J connectivity index is 3.38. The molecule has 0 fully saturated rings. The molecule has 0 saturated carbocycles. The average molecular weight is 162 g/mol. The number of nitrogens with one attached hydrogen (secondary N) is 1. The molecule has 0 unspecified atom stereocenters. The first kappa shape index (κ1) is 8.78. The molecule has 0 saturated heterocycles. The second kappa shape index (κ2) is 3.39. The maximum absolute atomic E-state index is 7.22. The van der Waals surface area contributed by atoms with Gasteiger partial charge in [-0.15, -0.1) is 0 Å². The lowest BCUT2D eigenvalue weighted by atomic mass is 9.99. The number of nitrogen functional groups attached to an aromatic ring is 1. The van der Waals surface area contributed by atoms with Crippen molar-refractivity contribution in [3.8, 4) is 0 Å². The minimum atomic E-state index is 0.701. The van der Waals surface area contributed by atoms with Crippen molar-refractivity contribution in [2.24, 2.45) is 0 Å². The van der Waals surface area contributed by atoms with Gasteiger partial charge in [0, 0.05) is 17.5 Å². The van der Waals surface area contributed by atoms with Crippen molar-refractivity contribution >= 4 is 11.9 Å². The molecule has 0 aliphatic heterocycles. The molecule has 3 N–H and O–H groups in total. The van der Waals surface area contributed by atoms with Crippen LogP contribution in [0, 0.1) is 12.3 Å². The van der Waals surface area contributed by atoms with Gasteiger partial charge in [0.1, 0.15) is 0 Å². The molecule has 1 rings (SSSR count). The summed E-state index contributed by atoms with van der Waals surface area (Å²) in [5.41, 5.74) is 9.70. The van der Waals surface area contributed by atoms with E-state index in [1.165, 1.54) is 17.3 Å². The number of rotatable bonds is 2. The van der Waals surface area contributed by atoms with E-state index in [0.717, 1.165) is 12.0 Å². The normalized spacial score (nSPS) is 9.83. The molecule has 1 aromatic carbocycles. The Morgan fingerprint density at radius 3 is 2.58 bits per heavy atom. The van der Waals surface area contributed by atoms with Crippen LogP contribution in [0.5, 0.6) is 0 Å². The highest BCUT2D eigenvalue weighted by Crippen LogP contribution is 2.19. The van der Waals surface area contributed by atoms with Gasteiger partial charge < -0.3 is 11.1 Å². The van der Waals surface area contributed by atoms with Crippen LogP contribution in [0.25, 0.3) is 0 Å². The van der Waals surface area contributed by atoms with Gasteiger partial charge >= 0.3 is 0 Å². The summed E-state index contributed by atoms with van der Waals surface area (Å²) in [6.07, 6.45) is 2.27. The molecule has 0 heterocycles. The first-order valence-corrected chi connectivity index (χ1v) is 4.09. The van der Waals surface area contributed by atoms with Gasteiger partial charge in [0.25, 0.3) is 0 Å². The number of aryl methyl sites for hydroxylation is 1. The second-order valence-corrected chi connectivity index (χ2v) is 2.86. The van der Waals surface area contributed by atoms with Crippen molar-refractivity contribution in [2.75, 3.05) is 5.73 Å². The van der Waals surface area contributed by atoms with E-state index < -0.39 is 0 Å². The van der Waals surface area contributed by atoms with Crippen LogP contribution in [0.4, 0.5) is 5.69 Å². The Morgan fingerprint density at radius 1 is 1.50 bits per heavy atom. The summed E-state index contributed by atoms with van der Waals surface area (Å²) >= 11 is 0. The minimum Gasteiger partial charge on any atom is -0.398 e. The number of anilines is 1. The van der Waals surface area contributed by atoms with E-state index in [9.17, 15) is 0 Å². The molecule has 0 radical (unpaired) electrons. The first-order valence-electron chi connectivity index (χ1n) is 4.09. The second-order valence-electron chi connectivity index (χ2n) is 2.86. The van der Waals surface area contributed by atoms with Crippen LogP contribution < -0.4 is 5.73 Å². The molecule has 64 valence electrons. The molecule has 2 nitrogen and oxygen atoms in total. The van der Waals surface area contributed by atoms with Gasteiger partial charge in [-0.2, -0.15) is 0 Å². The third-order valence-corrected chi connectivity index (χ3v) is 2.12. The number of nitrogens with two attached hydrogens (primary N) is 1. The predicted octanol–water partition coefficient (Wildman–Crippen LogP) is 2.14.